The summed E-state index contributed by atoms with van der Waals surface area (Å²) in [6.45, 7) is 5.55. The van der Waals surface area contributed by atoms with Gasteiger partial charge >= 0.3 is 6.03 Å². The van der Waals surface area contributed by atoms with E-state index < -0.39 is 36.2 Å². The third kappa shape index (κ3) is 13.7. The van der Waals surface area contributed by atoms with Crippen molar-refractivity contribution in [3.63, 3.8) is 0 Å². The molecule has 2 rings (SSSR count). The second-order valence-corrected chi connectivity index (χ2v) is 11.4. The second-order valence-electron chi connectivity index (χ2n) is 11.4. The molecule has 0 radical (unpaired) electrons. The quantitative estimate of drug-likeness (QED) is 0.102. The van der Waals surface area contributed by atoms with E-state index in [-0.39, 0.29) is 68.1 Å². The lowest BCUT2D eigenvalue weighted by molar-refractivity contribution is -0.131. The van der Waals surface area contributed by atoms with Gasteiger partial charge in [0, 0.05) is 43.0 Å². The Kier molecular flexibility index (Phi) is 14.7. The molecule has 2 aromatic rings. The van der Waals surface area contributed by atoms with Gasteiger partial charge in [0.25, 0.3) is 6.45 Å². The van der Waals surface area contributed by atoms with Crippen LogP contribution < -0.4 is 21.7 Å². The predicted octanol–water partition coefficient (Wildman–Crippen LogP) is 4.29. The first-order valence-corrected chi connectivity index (χ1v) is 14.9. The van der Waals surface area contributed by atoms with Crippen molar-refractivity contribution in [2.45, 2.75) is 71.9 Å². The number of rotatable bonds is 19. The molecule has 0 spiro atoms. The minimum absolute atomic E-state index is 0.0874. The molecule has 1 unspecified atom stereocenters. The molecule has 5 N–H and O–H groups in total. The summed E-state index contributed by atoms with van der Waals surface area (Å²) in [7, 11) is 0. The third-order valence-electron chi connectivity index (χ3n) is 7.26. The van der Waals surface area contributed by atoms with E-state index >= 15 is 0 Å². The third-order valence-corrected chi connectivity index (χ3v) is 7.26. The molecular weight excluding hydrogens is 583 g/mol. The number of urea groups is 1. The Bertz CT molecular complexity index is 1350. The van der Waals surface area contributed by atoms with E-state index in [1.165, 1.54) is 24.3 Å². The molecular formula is C33H43FN4O7. The molecule has 0 fully saturated rings. The minimum Gasteiger partial charge on any atom is -0.463 e. The fourth-order valence-electron chi connectivity index (χ4n) is 4.71. The molecule has 2 aromatic carbocycles. The molecule has 12 heteroatoms. The summed E-state index contributed by atoms with van der Waals surface area (Å²) in [5, 5.41) is 8.04. The molecule has 0 bridgehead atoms. The van der Waals surface area contributed by atoms with Gasteiger partial charge in [0.1, 0.15) is 12.4 Å². The highest BCUT2D eigenvalue weighted by atomic mass is 19.1. The second kappa shape index (κ2) is 18.9. The van der Waals surface area contributed by atoms with Crippen molar-refractivity contribution < 1.29 is 39.3 Å². The van der Waals surface area contributed by atoms with Crippen LogP contribution in [-0.2, 0) is 30.5 Å². The number of primary amides is 1. The Hall–Kier alpha value is -4.61. The van der Waals surface area contributed by atoms with Crippen molar-refractivity contribution in [1.82, 2.24) is 10.6 Å². The highest BCUT2D eigenvalue weighted by molar-refractivity contribution is 5.97. The average Bonchev–Trinajstić information content (AvgIpc) is 2.99. The summed E-state index contributed by atoms with van der Waals surface area (Å²) in [5.74, 6) is -2.84. The maximum atomic E-state index is 13.5. The van der Waals surface area contributed by atoms with Crippen LogP contribution in [0, 0.1) is 23.6 Å². The lowest BCUT2D eigenvalue weighted by Crippen LogP contribution is -2.45. The zero-order valence-electron chi connectivity index (χ0n) is 26.9. The zero-order chi connectivity index (χ0) is 34.2. The number of nitrogens with two attached hydrogens (primary N) is 1. The molecule has 0 aromatic heterocycles. The van der Waals surface area contributed by atoms with Gasteiger partial charge in [-0.05, 0) is 73.1 Å². The lowest BCUT2D eigenvalue weighted by Gasteiger charge is -2.24. The number of amides is 4. The molecule has 45 heavy (non-hydrogen) atoms. The van der Waals surface area contributed by atoms with E-state index in [2.05, 4.69) is 20.7 Å². The van der Waals surface area contributed by atoms with Crippen LogP contribution in [0.5, 0.6) is 0 Å². The summed E-state index contributed by atoms with van der Waals surface area (Å²) in [6.07, 6.45) is -0.00292. The van der Waals surface area contributed by atoms with Crippen molar-refractivity contribution >= 4 is 41.5 Å². The number of benzene rings is 2. The van der Waals surface area contributed by atoms with Gasteiger partial charge in [-0.3, -0.25) is 24.0 Å². The molecule has 0 heterocycles. The number of hydrogen-bond acceptors (Lipinski definition) is 7. The Morgan fingerprint density at radius 1 is 0.978 bits per heavy atom. The lowest BCUT2D eigenvalue weighted by atomic mass is 9.89. The normalized spacial score (nSPS) is 13.1. The van der Waals surface area contributed by atoms with Crippen LogP contribution in [-0.4, -0.2) is 48.4 Å². The van der Waals surface area contributed by atoms with Crippen LogP contribution in [0.2, 0.25) is 0 Å². The summed E-state index contributed by atoms with van der Waals surface area (Å²) < 4.78 is 24.6. The van der Waals surface area contributed by atoms with Gasteiger partial charge in [0.2, 0.25) is 11.8 Å². The van der Waals surface area contributed by atoms with Gasteiger partial charge in [-0.1, -0.05) is 32.9 Å². The monoisotopic (exact) mass is 627 g/mol. The number of anilines is 1. The van der Waals surface area contributed by atoms with Gasteiger partial charge in [0.15, 0.2) is 12.9 Å². The Morgan fingerprint density at radius 2 is 1.64 bits per heavy atom. The average molecular weight is 628 g/mol. The van der Waals surface area contributed by atoms with Crippen molar-refractivity contribution in [2.75, 3.05) is 11.9 Å². The minimum atomic E-state index is -1.16. The van der Waals surface area contributed by atoms with E-state index in [0.29, 0.717) is 29.7 Å². The largest absolute Gasteiger partial charge is 0.463 e. The number of nitrogens with one attached hydrogen (secondary N) is 3. The van der Waals surface area contributed by atoms with Crippen LogP contribution in [0.1, 0.15) is 76.6 Å². The van der Waals surface area contributed by atoms with Crippen LogP contribution in [0.15, 0.2) is 48.5 Å². The van der Waals surface area contributed by atoms with Gasteiger partial charge < -0.3 is 26.4 Å². The van der Waals surface area contributed by atoms with Gasteiger partial charge in [-0.15, -0.1) is 0 Å². The SMILES string of the molecule is [2H]C(=O)OCc1ccc(NC(=O)[C@H](CCCNC(N)=O)CC(=O)[C@@H](NC(=O)CCC(C)CC(=O)c2ccc(F)cc2)C(C)C)cc1. The number of Topliss-reactive ketones (excluding diaryl/α,β-unsaturated/α-hetero) is 2. The Morgan fingerprint density at radius 3 is 2.24 bits per heavy atom. The molecule has 0 saturated heterocycles. The highest BCUT2D eigenvalue weighted by Gasteiger charge is 2.29. The smallest absolute Gasteiger partial charge is 0.312 e. The molecule has 0 saturated carbocycles. The van der Waals surface area contributed by atoms with Crippen LogP contribution in [0.4, 0.5) is 14.9 Å². The summed E-state index contributed by atoms with van der Waals surface area (Å²) in [6, 6.07) is 10.2. The predicted molar refractivity (Wildman–Crippen MR) is 166 cm³/mol. The molecule has 3 atom stereocenters. The van der Waals surface area contributed by atoms with Crippen molar-refractivity contribution in [2.24, 2.45) is 23.5 Å². The van der Waals surface area contributed by atoms with Crippen LogP contribution >= 0.6 is 0 Å². The van der Waals surface area contributed by atoms with Crippen molar-refractivity contribution in [1.29, 1.82) is 0 Å². The number of carbonyl (C=O) groups excluding carboxylic acids is 6. The van der Waals surface area contributed by atoms with E-state index in [0.717, 1.165) is 0 Å². The number of carbonyl (C=O) groups is 6. The van der Waals surface area contributed by atoms with Crippen molar-refractivity contribution in [3.05, 3.63) is 65.5 Å². The first-order chi connectivity index (χ1) is 21.7. The topological polar surface area (TPSA) is 174 Å². The fraction of sp³-hybridized carbons (Fsp3) is 0.455. The molecule has 0 aliphatic rings. The summed E-state index contributed by atoms with van der Waals surface area (Å²) >= 11 is 0. The Labute approximate surface area is 264 Å². The standard InChI is InChI=1S/C33H43FN4O7/c1-21(2)31(38-30(42)15-6-22(3)17-28(40)24-9-11-26(34)12-10-24)29(41)18-25(5-4-16-36-33(35)44)32(43)37-27-13-7-23(8-14-27)19-45-20-39/h7-14,20-22,25,31H,4-6,15-19H2,1-3H3,(H,37,43)(H,38,42)(H3,35,36,44)/t22?,25-,31+/m1/s1/i20D. The molecule has 0 aliphatic heterocycles. The summed E-state index contributed by atoms with van der Waals surface area (Å²) in [4.78, 5) is 73.8. The number of hydrogen-bond donors (Lipinski definition) is 4. The van der Waals surface area contributed by atoms with E-state index in [1.807, 2.05) is 6.92 Å². The van der Waals surface area contributed by atoms with Gasteiger partial charge in [-0.25, -0.2) is 9.18 Å². The van der Waals surface area contributed by atoms with Crippen molar-refractivity contribution in [3.8, 4) is 0 Å². The fourth-order valence-corrected chi connectivity index (χ4v) is 4.71. The van der Waals surface area contributed by atoms with E-state index in [1.54, 1.807) is 38.1 Å². The van der Waals surface area contributed by atoms with Crippen LogP contribution in [0.3, 0.4) is 0 Å². The molecule has 11 nitrogen and oxygen atoms in total. The first-order valence-electron chi connectivity index (χ1n) is 15.4. The van der Waals surface area contributed by atoms with Crippen LogP contribution in [0.25, 0.3) is 0 Å². The van der Waals surface area contributed by atoms with E-state index in [4.69, 9.17) is 7.10 Å². The van der Waals surface area contributed by atoms with E-state index in [9.17, 15) is 33.2 Å². The number of halogens is 1. The molecule has 0 aliphatic carbocycles. The maximum Gasteiger partial charge on any atom is 0.312 e. The maximum absolute atomic E-state index is 13.5. The molecule has 244 valence electrons. The van der Waals surface area contributed by atoms with Gasteiger partial charge in [0.05, 0.1) is 6.04 Å². The number of ether oxygens (including phenoxy) is 1. The first kappa shape index (κ1) is 34.9. The van der Waals surface area contributed by atoms with Gasteiger partial charge in [-0.2, -0.15) is 0 Å². The zero-order valence-corrected chi connectivity index (χ0v) is 25.9. The number of ketones is 2. The Balaban J connectivity index is 2.00. The molecule has 4 amide bonds. The summed E-state index contributed by atoms with van der Waals surface area (Å²) in [5.41, 5.74) is 6.59. The highest BCUT2D eigenvalue weighted by Crippen LogP contribution is 2.20.